The van der Waals surface area contributed by atoms with Gasteiger partial charge in [0.1, 0.15) is 12.4 Å². The van der Waals surface area contributed by atoms with Gasteiger partial charge < -0.3 is 14.8 Å². The molecular formula is C23H23N5O2. The minimum atomic E-state index is 0.496. The molecule has 3 aromatic rings. The second-order valence-electron chi connectivity index (χ2n) is 6.91. The predicted octanol–water partition coefficient (Wildman–Crippen LogP) is 3.47. The van der Waals surface area contributed by atoms with E-state index in [0.29, 0.717) is 18.1 Å². The Bertz CT molecular complexity index is 1010. The molecule has 0 bridgehead atoms. The molecule has 1 saturated heterocycles. The number of hydrogen-bond donors (Lipinski definition) is 1. The van der Waals surface area contributed by atoms with Crippen LogP contribution in [0, 0.1) is 11.3 Å². The molecule has 4 rings (SSSR count). The van der Waals surface area contributed by atoms with Gasteiger partial charge in [0.15, 0.2) is 0 Å². The average molecular weight is 401 g/mol. The van der Waals surface area contributed by atoms with Crippen molar-refractivity contribution in [1.29, 1.82) is 5.26 Å². The van der Waals surface area contributed by atoms with Crippen molar-refractivity contribution in [2.45, 2.75) is 0 Å². The van der Waals surface area contributed by atoms with Crippen LogP contribution in [-0.4, -0.2) is 54.3 Å². The topological polar surface area (TPSA) is 83.3 Å². The molecule has 0 aliphatic carbocycles. The molecule has 0 atom stereocenters. The smallest absolute Gasteiger partial charge is 0.227 e. The Morgan fingerprint density at radius 1 is 1.10 bits per heavy atom. The summed E-state index contributed by atoms with van der Waals surface area (Å²) >= 11 is 0. The highest BCUT2D eigenvalue weighted by molar-refractivity contribution is 5.63. The van der Waals surface area contributed by atoms with E-state index in [1.54, 1.807) is 12.3 Å². The largest absolute Gasteiger partial charge is 0.492 e. The second kappa shape index (κ2) is 9.83. The Balaban J connectivity index is 1.34. The Morgan fingerprint density at radius 2 is 1.93 bits per heavy atom. The number of nitriles is 1. The molecule has 1 fully saturated rings. The van der Waals surface area contributed by atoms with Gasteiger partial charge in [-0.1, -0.05) is 12.1 Å². The zero-order valence-electron chi connectivity index (χ0n) is 16.6. The number of morpholine rings is 1. The molecular weight excluding hydrogens is 378 g/mol. The van der Waals surface area contributed by atoms with Gasteiger partial charge in [0.25, 0.3) is 0 Å². The molecule has 7 heteroatoms. The summed E-state index contributed by atoms with van der Waals surface area (Å²) in [6, 6.07) is 19.1. The van der Waals surface area contributed by atoms with Crippen molar-refractivity contribution < 1.29 is 9.47 Å². The van der Waals surface area contributed by atoms with Gasteiger partial charge >= 0.3 is 0 Å². The lowest BCUT2D eigenvalue weighted by molar-refractivity contribution is 0.0322. The molecule has 1 aliphatic heterocycles. The summed E-state index contributed by atoms with van der Waals surface area (Å²) in [4.78, 5) is 11.2. The molecule has 2 aromatic carbocycles. The fourth-order valence-electron chi connectivity index (χ4n) is 3.21. The molecule has 0 amide bonds. The first-order valence-corrected chi connectivity index (χ1v) is 9.94. The Morgan fingerprint density at radius 3 is 2.73 bits per heavy atom. The van der Waals surface area contributed by atoms with Gasteiger partial charge in [-0.2, -0.15) is 5.26 Å². The Labute approximate surface area is 175 Å². The zero-order chi connectivity index (χ0) is 20.6. The molecule has 1 aromatic heterocycles. The first-order valence-electron chi connectivity index (χ1n) is 9.94. The van der Waals surface area contributed by atoms with Gasteiger partial charge in [0.2, 0.25) is 5.95 Å². The van der Waals surface area contributed by atoms with Crippen molar-refractivity contribution in [1.82, 2.24) is 14.9 Å². The SMILES string of the molecule is N#Cc1cccc(-c2ccnc(Nc3ccc(OCCN4CCOCC4)cc3)n2)c1. The summed E-state index contributed by atoms with van der Waals surface area (Å²) in [7, 11) is 0. The molecule has 30 heavy (non-hydrogen) atoms. The first kappa shape index (κ1) is 19.8. The summed E-state index contributed by atoms with van der Waals surface area (Å²) in [6.45, 7) is 5.08. The number of hydrogen-bond acceptors (Lipinski definition) is 7. The van der Waals surface area contributed by atoms with Gasteiger partial charge in [0, 0.05) is 37.1 Å². The van der Waals surface area contributed by atoms with Crippen LogP contribution in [0.5, 0.6) is 5.75 Å². The molecule has 0 radical (unpaired) electrons. The quantitative estimate of drug-likeness (QED) is 0.649. The summed E-state index contributed by atoms with van der Waals surface area (Å²) in [5, 5.41) is 12.3. The van der Waals surface area contributed by atoms with Crippen LogP contribution in [0.1, 0.15) is 5.56 Å². The van der Waals surface area contributed by atoms with Crippen LogP contribution in [0.25, 0.3) is 11.3 Å². The number of anilines is 2. The second-order valence-corrected chi connectivity index (χ2v) is 6.91. The monoisotopic (exact) mass is 401 g/mol. The van der Waals surface area contributed by atoms with E-state index < -0.39 is 0 Å². The Hall–Kier alpha value is -3.47. The minimum Gasteiger partial charge on any atom is -0.492 e. The maximum Gasteiger partial charge on any atom is 0.227 e. The fraction of sp³-hybridized carbons (Fsp3) is 0.261. The van der Waals surface area contributed by atoms with Gasteiger partial charge in [-0.25, -0.2) is 9.97 Å². The van der Waals surface area contributed by atoms with E-state index in [1.165, 1.54) is 0 Å². The van der Waals surface area contributed by atoms with E-state index in [-0.39, 0.29) is 0 Å². The zero-order valence-corrected chi connectivity index (χ0v) is 16.6. The highest BCUT2D eigenvalue weighted by atomic mass is 16.5. The van der Waals surface area contributed by atoms with Crippen molar-refractivity contribution in [3.8, 4) is 23.1 Å². The predicted molar refractivity (Wildman–Crippen MR) is 115 cm³/mol. The van der Waals surface area contributed by atoms with Crippen LogP contribution in [0.15, 0.2) is 60.8 Å². The third kappa shape index (κ3) is 5.32. The van der Waals surface area contributed by atoms with Crippen molar-refractivity contribution in [2.75, 3.05) is 44.8 Å². The summed E-state index contributed by atoms with van der Waals surface area (Å²) in [5.41, 5.74) is 3.11. The third-order valence-electron chi connectivity index (χ3n) is 4.83. The lowest BCUT2D eigenvalue weighted by Gasteiger charge is -2.26. The molecule has 0 spiro atoms. The van der Waals surface area contributed by atoms with Gasteiger partial charge in [-0.05, 0) is 42.5 Å². The van der Waals surface area contributed by atoms with E-state index in [9.17, 15) is 0 Å². The van der Waals surface area contributed by atoms with E-state index in [2.05, 4.69) is 26.3 Å². The van der Waals surface area contributed by atoms with Crippen molar-refractivity contribution in [2.24, 2.45) is 0 Å². The molecule has 1 N–H and O–H groups in total. The average Bonchev–Trinajstić information content (AvgIpc) is 2.81. The number of benzene rings is 2. The molecule has 2 heterocycles. The summed E-state index contributed by atoms with van der Waals surface area (Å²) in [6.07, 6.45) is 1.70. The standard InChI is InChI=1S/C23H23N5O2/c24-17-18-2-1-3-19(16-18)22-8-9-25-23(27-22)26-20-4-6-21(7-5-20)30-15-12-28-10-13-29-14-11-28/h1-9,16H,10-15H2,(H,25,26,27). The Kier molecular flexibility index (Phi) is 6.50. The molecule has 1 aliphatic rings. The highest BCUT2D eigenvalue weighted by Crippen LogP contribution is 2.22. The van der Waals surface area contributed by atoms with Crippen LogP contribution in [0.3, 0.4) is 0 Å². The number of rotatable bonds is 7. The van der Waals surface area contributed by atoms with Crippen LogP contribution < -0.4 is 10.1 Å². The lowest BCUT2D eigenvalue weighted by atomic mass is 10.1. The van der Waals surface area contributed by atoms with Gasteiger partial charge in [-0.3, -0.25) is 4.90 Å². The lowest BCUT2D eigenvalue weighted by Crippen LogP contribution is -2.38. The normalized spacial score (nSPS) is 14.1. The van der Waals surface area contributed by atoms with Crippen molar-refractivity contribution in [3.05, 3.63) is 66.4 Å². The number of nitrogens with one attached hydrogen (secondary N) is 1. The number of nitrogens with zero attached hydrogens (tertiary/aromatic N) is 4. The van der Waals surface area contributed by atoms with Crippen LogP contribution in [0.2, 0.25) is 0 Å². The van der Waals surface area contributed by atoms with Crippen molar-refractivity contribution in [3.63, 3.8) is 0 Å². The van der Waals surface area contributed by atoms with Crippen molar-refractivity contribution >= 4 is 11.6 Å². The molecule has 7 nitrogen and oxygen atoms in total. The fourth-order valence-corrected chi connectivity index (χ4v) is 3.21. The van der Waals surface area contributed by atoms with Crippen LogP contribution in [0.4, 0.5) is 11.6 Å². The summed E-state index contributed by atoms with van der Waals surface area (Å²) in [5.74, 6) is 1.33. The van der Waals surface area contributed by atoms with E-state index in [0.717, 1.165) is 55.5 Å². The molecule has 152 valence electrons. The minimum absolute atomic E-state index is 0.496. The van der Waals surface area contributed by atoms with Crippen LogP contribution in [-0.2, 0) is 4.74 Å². The molecule has 0 saturated carbocycles. The van der Waals surface area contributed by atoms with E-state index in [1.807, 2.05) is 48.5 Å². The number of ether oxygens (including phenoxy) is 2. The summed E-state index contributed by atoms with van der Waals surface area (Å²) < 4.78 is 11.2. The van der Waals surface area contributed by atoms with Gasteiger partial charge in [0.05, 0.1) is 30.5 Å². The van der Waals surface area contributed by atoms with Crippen LogP contribution >= 0.6 is 0 Å². The highest BCUT2D eigenvalue weighted by Gasteiger charge is 2.10. The van der Waals surface area contributed by atoms with E-state index in [4.69, 9.17) is 14.7 Å². The first-order chi connectivity index (χ1) is 14.8. The molecule has 0 unspecified atom stereocenters. The maximum absolute atomic E-state index is 9.09. The van der Waals surface area contributed by atoms with E-state index >= 15 is 0 Å². The third-order valence-corrected chi connectivity index (χ3v) is 4.83. The van der Waals surface area contributed by atoms with Gasteiger partial charge in [-0.15, -0.1) is 0 Å². The number of aromatic nitrogens is 2. The maximum atomic E-state index is 9.09.